The average Bonchev–Trinajstić information content (AvgIpc) is 3.58. The van der Waals surface area contributed by atoms with Crippen LogP contribution in [0.2, 0.25) is 0 Å². The quantitative estimate of drug-likeness (QED) is 0.178. The number of aromatic nitrogens is 1. The van der Waals surface area contributed by atoms with Gasteiger partial charge in [0, 0.05) is 38.1 Å². The summed E-state index contributed by atoms with van der Waals surface area (Å²) in [6.45, 7) is 9.50. The first-order chi connectivity index (χ1) is 28.8. The fourth-order valence-electron chi connectivity index (χ4n) is 10.6. The fourth-order valence-corrected chi connectivity index (χ4v) is 10.6. The van der Waals surface area contributed by atoms with Crippen LogP contribution in [-0.4, -0.2) is 4.57 Å². The van der Waals surface area contributed by atoms with E-state index in [9.17, 15) is 0 Å². The zero-order valence-electron chi connectivity index (χ0n) is 33.7. The molecule has 0 saturated carbocycles. The molecule has 10 aromatic rings. The molecule has 12 rings (SSSR count). The lowest BCUT2D eigenvalue weighted by molar-refractivity contribution is 0.632. The molecule has 9 aromatic carbocycles. The van der Waals surface area contributed by atoms with Gasteiger partial charge in [-0.05, 0) is 99.8 Å². The van der Waals surface area contributed by atoms with Crippen molar-refractivity contribution in [1.82, 2.24) is 4.57 Å². The van der Waals surface area contributed by atoms with E-state index in [1.165, 1.54) is 99.7 Å². The molecule has 0 atom stereocenters. The van der Waals surface area contributed by atoms with Crippen molar-refractivity contribution >= 4 is 77.5 Å². The highest BCUT2D eigenvalue weighted by Gasteiger charge is 2.40. The topological polar surface area (TPSA) is 11.4 Å². The molecule has 0 radical (unpaired) electrons. The number of anilines is 6. The van der Waals surface area contributed by atoms with Crippen LogP contribution in [0.1, 0.15) is 49.9 Å². The van der Waals surface area contributed by atoms with Crippen LogP contribution >= 0.6 is 0 Å². The summed E-state index contributed by atoms with van der Waals surface area (Å²) in [5, 5.41) is 7.46. The van der Waals surface area contributed by atoms with E-state index >= 15 is 0 Å². The summed E-state index contributed by atoms with van der Waals surface area (Å²) < 4.78 is 2.47. The SMILES string of the molecule is CC1(C)c2ccccc2N(c2cccc3c(N4c5ccccc5C(C)(C)c5cc6c7cc8ccccc8cc7n(-c7ccccc7)c6cc54)cccc23)c2ccccc21. The van der Waals surface area contributed by atoms with Crippen molar-refractivity contribution in [3.05, 3.63) is 210 Å². The molecule has 2 aliphatic rings. The van der Waals surface area contributed by atoms with Crippen molar-refractivity contribution in [2.75, 3.05) is 9.80 Å². The first-order valence-electron chi connectivity index (χ1n) is 20.8. The Bertz CT molecular complexity index is 3300. The molecule has 282 valence electrons. The molecule has 0 amide bonds. The van der Waals surface area contributed by atoms with E-state index in [0.29, 0.717) is 0 Å². The Hall–Kier alpha value is -7.10. The fraction of sp³-hybridized carbons (Fsp3) is 0.107. The summed E-state index contributed by atoms with van der Waals surface area (Å²) in [5.41, 5.74) is 15.7. The minimum Gasteiger partial charge on any atom is -0.309 e. The minimum atomic E-state index is -0.252. The summed E-state index contributed by atoms with van der Waals surface area (Å²) in [5.74, 6) is 0. The summed E-state index contributed by atoms with van der Waals surface area (Å²) in [6, 6.07) is 70.0. The minimum absolute atomic E-state index is 0.131. The molecular formula is C56H43N3. The van der Waals surface area contributed by atoms with Crippen LogP contribution in [0, 0.1) is 0 Å². The second-order valence-electron chi connectivity index (χ2n) is 17.4. The van der Waals surface area contributed by atoms with E-state index in [-0.39, 0.29) is 10.8 Å². The van der Waals surface area contributed by atoms with E-state index in [1.54, 1.807) is 0 Å². The van der Waals surface area contributed by atoms with Gasteiger partial charge in [0.15, 0.2) is 0 Å². The van der Waals surface area contributed by atoms with E-state index in [1.807, 2.05) is 0 Å². The Morgan fingerprint density at radius 2 is 0.729 bits per heavy atom. The summed E-state index contributed by atoms with van der Waals surface area (Å²) in [6.07, 6.45) is 0. The largest absolute Gasteiger partial charge is 0.309 e. The van der Waals surface area contributed by atoms with Crippen LogP contribution in [-0.2, 0) is 10.8 Å². The molecule has 0 unspecified atom stereocenters. The number of benzene rings is 9. The van der Waals surface area contributed by atoms with E-state index < -0.39 is 0 Å². The van der Waals surface area contributed by atoms with Gasteiger partial charge in [-0.1, -0.05) is 149 Å². The Labute approximate surface area is 345 Å². The lowest BCUT2D eigenvalue weighted by atomic mass is 9.73. The van der Waals surface area contributed by atoms with Crippen LogP contribution in [0.4, 0.5) is 34.1 Å². The Morgan fingerprint density at radius 3 is 1.31 bits per heavy atom. The third-order valence-electron chi connectivity index (χ3n) is 13.5. The molecule has 59 heavy (non-hydrogen) atoms. The van der Waals surface area contributed by atoms with Crippen LogP contribution in [0.5, 0.6) is 0 Å². The van der Waals surface area contributed by atoms with Gasteiger partial charge in [0.05, 0.1) is 45.2 Å². The molecule has 3 nitrogen and oxygen atoms in total. The van der Waals surface area contributed by atoms with E-state index in [2.05, 4.69) is 230 Å². The van der Waals surface area contributed by atoms with Crippen LogP contribution in [0.15, 0.2) is 188 Å². The van der Waals surface area contributed by atoms with Gasteiger partial charge < -0.3 is 14.4 Å². The number of hydrogen-bond acceptors (Lipinski definition) is 2. The molecule has 0 spiro atoms. The first-order valence-corrected chi connectivity index (χ1v) is 20.8. The molecule has 3 heteroatoms. The molecular weight excluding hydrogens is 715 g/mol. The second-order valence-corrected chi connectivity index (χ2v) is 17.4. The van der Waals surface area contributed by atoms with Crippen molar-refractivity contribution in [2.24, 2.45) is 0 Å². The monoisotopic (exact) mass is 757 g/mol. The zero-order chi connectivity index (χ0) is 39.6. The van der Waals surface area contributed by atoms with Crippen molar-refractivity contribution in [3.8, 4) is 5.69 Å². The van der Waals surface area contributed by atoms with Gasteiger partial charge in [-0.25, -0.2) is 0 Å². The highest BCUT2D eigenvalue weighted by molar-refractivity contribution is 6.16. The Kier molecular flexibility index (Phi) is 7.03. The second kappa shape index (κ2) is 12.2. The zero-order valence-corrected chi connectivity index (χ0v) is 33.7. The molecule has 0 saturated heterocycles. The molecule has 0 fully saturated rings. The van der Waals surface area contributed by atoms with Crippen molar-refractivity contribution < 1.29 is 0 Å². The average molecular weight is 758 g/mol. The standard InChI is InChI=1S/C56H43N3/c1-55(2)43-24-10-13-27-49(43)58(50-28-14-11-25-44(50)55)47-30-16-23-40-39(47)22-17-31-48(40)59-51-29-15-12-26-45(51)56(3,4)46-34-42-41-32-36-18-8-9-19-37(36)33-52(41)57(53(42)35-54(46)59)38-20-6-5-7-21-38/h5-35H,1-4H3. The van der Waals surface area contributed by atoms with Gasteiger partial charge >= 0.3 is 0 Å². The van der Waals surface area contributed by atoms with E-state index in [4.69, 9.17) is 0 Å². The maximum absolute atomic E-state index is 2.55. The number of fused-ring (bicyclic) bond motifs is 9. The Morgan fingerprint density at radius 1 is 0.305 bits per heavy atom. The maximum atomic E-state index is 2.55. The van der Waals surface area contributed by atoms with Gasteiger partial charge in [0.1, 0.15) is 0 Å². The van der Waals surface area contributed by atoms with Crippen LogP contribution in [0.3, 0.4) is 0 Å². The van der Waals surface area contributed by atoms with Crippen molar-refractivity contribution in [3.63, 3.8) is 0 Å². The summed E-state index contributed by atoms with van der Waals surface area (Å²) in [4.78, 5) is 5.04. The molecule has 2 aliphatic heterocycles. The highest BCUT2D eigenvalue weighted by atomic mass is 15.2. The van der Waals surface area contributed by atoms with Crippen molar-refractivity contribution in [2.45, 2.75) is 38.5 Å². The number of hydrogen-bond donors (Lipinski definition) is 0. The highest BCUT2D eigenvalue weighted by Crippen LogP contribution is 2.57. The van der Waals surface area contributed by atoms with Gasteiger partial charge in [-0.15, -0.1) is 0 Å². The molecule has 3 heterocycles. The first kappa shape index (κ1) is 34.0. The number of rotatable bonds is 3. The van der Waals surface area contributed by atoms with Gasteiger partial charge in [0.25, 0.3) is 0 Å². The third kappa shape index (κ3) is 4.70. The summed E-state index contributed by atoms with van der Waals surface area (Å²) >= 11 is 0. The molecule has 0 bridgehead atoms. The van der Waals surface area contributed by atoms with Gasteiger partial charge in [0.2, 0.25) is 0 Å². The predicted molar refractivity (Wildman–Crippen MR) is 249 cm³/mol. The third-order valence-corrected chi connectivity index (χ3v) is 13.5. The lowest BCUT2D eigenvalue weighted by Crippen LogP contribution is -2.31. The molecule has 1 aromatic heterocycles. The maximum Gasteiger partial charge on any atom is 0.0562 e. The van der Waals surface area contributed by atoms with Gasteiger partial charge in [-0.2, -0.15) is 0 Å². The lowest BCUT2D eigenvalue weighted by Gasteiger charge is -2.43. The van der Waals surface area contributed by atoms with Crippen LogP contribution in [0.25, 0.3) is 49.0 Å². The number of para-hydroxylation sites is 4. The van der Waals surface area contributed by atoms with Gasteiger partial charge in [-0.3, -0.25) is 0 Å². The Balaban J connectivity index is 1.15. The predicted octanol–water partition coefficient (Wildman–Crippen LogP) is 15.3. The van der Waals surface area contributed by atoms with Crippen molar-refractivity contribution in [1.29, 1.82) is 0 Å². The number of nitrogens with zero attached hydrogens (tertiary/aromatic N) is 3. The van der Waals surface area contributed by atoms with Crippen LogP contribution < -0.4 is 9.80 Å². The van der Waals surface area contributed by atoms with E-state index in [0.717, 1.165) is 5.69 Å². The summed E-state index contributed by atoms with van der Waals surface area (Å²) in [7, 11) is 0. The smallest absolute Gasteiger partial charge is 0.0562 e. The normalized spacial score (nSPS) is 15.0. The molecule has 0 N–H and O–H groups in total. The molecule has 0 aliphatic carbocycles.